The van der Waals surface area contributed by atoms with Gasteiger partial charge in [-0.3, -0.25) is 4.79 Å². The zero-order valence-electron chi connectivity index (χ0n) is 10.6. The molecule has 2 heterocycles. The minimum atomic E-state index is -0.146. The first-order chi connectivity index (χ1) is 9.22. The molecule has 96 valence electrons. The number of nitrogens with one attached hydrogen (secondary N) is 1. The molecule has 0 radical (unpaired) electrons. The van der Waals surface area contributed by atoms with E-state index in [-0.39, 0.29) is 5.91 Å². The number of carbonyl (C=O) groups is 1. The average Bonchev–Trinajstić information content (AvgIpc) is 2.85. The topological polar surface area (TPSA) is 51.2 Å². The van der Waals surface area contributed by atoms with Crippen LogP contribution in [0.4, 0.5) is 5.82 Å². The van der Waals surface area contributed by atoms with E-state index >= 15 is 0 Å². The molecule has 1 amide bonds. The Morgan fingerprint density at radius 2 is 2.21 bits per heavy atom. The van der Waals surface area contributed by atoms with Gasteiger partial charge in [0.25, 0.3) is 5.91 Å². The lowest BCUT2D eigenvalue weighted by atomic mass is 10.1. The first-order valence-corrected chi connectivity index (χ1v) is 6.23. The Morgan fingerprint density at radius 3 is 3.05 bits per heavy atom. The van der Waals surface area contributed by atoms with Gasteiger partial charge in [0.2, 0.25) is 0 Å². The number of carbonyl (C=O) groups excluding carboxylic acids is 1. The number of amides is 1. The van der Waals surface area contributed by atoms with Crippen molar-refractivity contribution in [1.29, 1.82) is 0 Å². The molecule has 1 aliphatic heterocycles. The summed E-state index contributed by atoms with van der Waals surface area (Å²) in [7, 11) is 0. The van der Waals surface area contributed by atoms with E-state index in [1.54, 1.807) is 12.1 Å². The maximum atomic E-state index is 12.1. The standard InChI is InChI=1S/C15H14N2O2/c1-10-3-2-4-14(16-10)17-15(18)12-5-6-13-11(9-12)7-8-19-13/h2-6,9H,7-8H2,1H3,(H,16,17,18). The van der Waals surface area contributed by atoms with Crippen molar-refractivity contribution in [2.24, 2.45) is 0 Å². The number of benzene rings is 1. The molecule has 0 saturated carbocycles. The Labute approximate surface area is 111 Å². The molecule has 0 atom stereocenters. The third-order valence-corrected chi connectivity index (χ3v) is 3.08. The van der Waals surface area contributed by atoms with Gasteiger partial charge in [0.05, 0.1) is 6.61 Å². The van der Waals surface area contributed by atoms with Gasteiger partial charge in [-0.05, 0) is 42.8 Å². The van der Waals surface area contributed by atoms with Gasteiger partial charge in [0, 0.05) is 17.7 Å². The van der Waals surface area contributed by atoms with Crippen LogP contribution in [-0.4, -0.2) is 17.5 Å². The number of rotatable bonds is 2. The number of anilines is 1. The van der Waals surface area contributed by atoms with Crippen molar-refractivity contribution in [2.75, 3.05) is 11.9 Å². The third-order valence-electron chi connectivity index (χ3n) is 3.08. The highest BCUT2D eigenvalue weighted by molar-refractivity contribution is 6.04. The molecule has 0 saturated heterocycles. The number of aryl methyl sites for hydroxylation is 1. The van der Waals surface area contributed by atoms with Gasteiger partial charge in [-0.2, -0.15) is 0 Å². The Morgan fingerprint density at radius 1 is 1.32 bits per heavy atom. The molecule has 0 unspecified atom stereocenters. The molecule has 2 aromatic rings. The maximum Gasteiger partial charge on any atom is 0.256 e. The molecular weight excluding hydrogens is 240 g/mol. The van der Waals surface area contributed by atoms with Gasteiger partial charge in [0.15, 0.2) is 0 Å². The van der Waals surface area contributed by atoms with E-state index in [9.17, 15) is 4.79 Å². The van der Waals surface area contributed by atoms with Crippen LogP contribution in [0.25, 0.3) is 0 Å². The largest absolute Gasteiger partial charge is 0.493 e. The fourth-order valence-electron chi connectivity index (χ4n) is 2.13. The molecule has 1 aromatic heterocycles. The Bertz CT molecular complexity index is 638. The normalized spacial score (nSPS) is 12.7. The van der Waals surface area contributed by atoms with Gasteiger partial charge < -0.3 is 10.1 Å². The highest BCUT2D eigenvalue weighted by atomic mass is 16.5. The van der Waals surface area contributed by atoms with Gasteiger partial charge in [-0.1, -0.05) is 6.07 Å². The zero-order chi connectivity index (χ0) is 13.2. The number of hydrogen-bond acceptors (Lipinski definition) is 3. The number of aromatic nitrogens is 1. The van der Waals surface area contributed by atoms with Crippen molar-refractivity contribution < 1.29 is 9.53 Å². The molecule has 0 bridgehead atoms. The van der Waals surface area contributed by atoms with Crippen LogP contribution in [0.1, 0.15) is 21.6 Å². The molecule has 19 heavy (non-hydrogen) atoms. The average molecular weight is 254 g/mol. The predicted molar refractivity (Wildman–Crippen MR) is 72.6 cm³/mol. The minimum Gasteiger partial charge on any atom is -0.493 e. The quantitative estimate of drug-likeness (QED) is 0.896. The van der Waals surface area contributed by atoms with Crippen LogP contribution in [-0.2, 0) is 6.42 Å². The van der Waals surface area contributed by atoms with Crippen LogP contribution in [0, 0.1) is 6.92 Å². The molecule has 4 heteroatoms. The van der Waals surface area contributed by atoms with Crippen molar-refractivity contribution in [3.63, 3.8) is 0 Å². The first-order valence-electron chi connectivity index (χ1n) is 6.23. The van der Waals surface area contributed by atoms with E-state index < -0.39 is 0 Å². The van der Waals surface area contributed by atoms with Crippen molar-refractivity contribution in [3.8, 4) is 5.75 Å². The molecule has 4 nitrogen and oxygen atoms in total. The van der Waals surface area contributed by atoms with E-state index in [0.717, 1.165) is 23.4 Å². The van der Waals surface area contributed by atoms with Crippen molar-refractivity contribution in [2.45, 2.75) is 13.3 Å². The van der Waals surface area contributed by atoms with Gasteiger partial charge in [-0.15, -0.1) is 0 Å². The minimum absolute atomic E-state index is 0.146. The highest BCUT2D eigenvalue weighted by Crippen LogP contribution is 2.26. The van der Waals surface area contributed by atoms with Crippen molar-refractivity contribution in [3.05, 3.63) is 53.2 Å². The second-order valence-corrected chi connectivity index (χ2v) is 4.54. The van der Waals surface area contributed by atoms with Crippen LogP contribution in [0.15, 0.2) is 36.4 Å². The Hall–Kier alpha value is -2.36. The first kappa shape index (κ1) is 11.7. The molecule has 1 N–H and O–H groups in total. The Kier molecular flexibility index (Phi) is 2.91. The van der Waals surface area contributed by atoms with Crippen LogP contribution < -0.4 is 10.1 Å². The fraction of sp³-hybridized carbons (Fsp3) is 0.200. The molecule has 3 rings (SSSR count). The lowest BCUT2D eigenvalue weighted by molar-refractivity contribution is 0.102. The van der Waals surface area contributed by atoms with E-state index in [1.807, 2.05) is 31.2 Å². The van der Waals surface area contributed by atoms with Crippen LogP contribution in [0.2, 0.25) is 0 Å². The lowest BCUT2D eigenvalue weighted by Crippen LogP contribution is -2.13. The second kappa shape index (κ2) is 4.72. The Balaban J connectivity index is 1.81. The smallest absolute Gasteiger partial charge is 0.256 e. The lowest BCUT2D eigenvalue weighted by Gasteiger charge is -2.06. The van der Waals surface area contributed by atoms with Gasteiger partial charge >= 0.3 is 0 Å². The number of hydrogen-bond donors (Lipinski definition) is 1. The molecule has 0 aliphatic carbocycles. The molecular formula is C15H14N2O2. The van der Waals surface area contributed by atoms with E-state index in [2.05, 4.69) is 10.3 Å². The third kappa shape index (κ3) is 2.42. The monoisotopic (exact) mass is 254 g/mol. The number of ether oxygens (including phenoxy) is 1. The second-order valence-electron chi connectivity index (χ2n) is 4.54. The van der Waals surface area contributed by atoms with E-state index in [0.29, 0.717) is 18.0 Å². The number of nitrogens with zero attached hydrogens (tertiary/aromatic N) is 1. The summed E-state index contributed by atoms with van der Waals surface area (Å²) in [6, 6.07) is 11.0. The molecule has 1 aromatic carbocycles. The highest BCUT2D eigenvalue weighted by Gasteiger charge is 2.15. The van der Waals surface area contributed by atoms with Crippen molar-refractivity contribution in [1.82, 2.24) is 4.98 Å². The zero-order valence-corrected chi connectivity index (χ0v) is 10.6. The summed E-state index contributed by atoms with van der Waals surface area (Å²) >= 11 is 0. The van der Waals surface area contributed by atoms with Gasteiger partial charge in [0.1, 0.15) is 11.6 Å². The summed E-state index contributed by atoms with van der Waals surface area (Å²) in [6.07, 6.45) is 0.860. The summed E-state index contributed by atoms with van der Waals surface area (Å²) in [5.41, 5.74) is 2.59. The van der Waals surface area contributed by atoms with Crippen LogP contribution in [0.5, 0.6) is 5.75 Å². The predicted octanol–water partition coefficient (Wildman–Crippen LogP) is 2.58. The number of pyridine rings is 1. The van der Waals surface area contributed by atoms with E-state index in [4.69, 9.17) is 4.74 Å². The van der Waals surface area contributed by atoms with E-state index in [1.165, 1.54) is 0 Å². The van der Waals surface area contributed by atoms with Gasteiger partial charge in [-0.25, -0.2) is 4.98 Å². The summed E-state index contributed by atoms with van der Waals surface area (Å²) in [4.78, 5) is 16.4. The summed E-state index contributed by atoms with van der Waals surface area (Å²) < 4.78 is 5.42. The number of fused-ring (bicyclic) bond motifs is 1. The summed E-state index contributed by atoms with van der Waals surface area (Å²) in [5.74, 6) is 1.31. The molecule has 1 aliphatic rings. The van der Waals surface area contributed by atoms with Crippen LogP contribution in [0.3, 0.4) is 0 Å². The summed E-state index contributed by atoms with van der Waals surface area (Å²) in [6.45, 7) is 2.59. The molecule has 0 fully saturated rings. The SMILES string of the molecule is Cc1cccc(NC(=O)c2ccc3c(c2)CCO3)n1. The maximum absolute atomic E-state index is 12.1. The summed E-state index contributed by atoms with van der Waals surface area (Å²) in [5, 5.41) is 2.80. The van der Waals surface area contributed by atoms with Crippen LogP contribution >= 0.6 is 0 Å². The van der Waals surface area contributed by atoms with Crippen molar-refractivity contribution >= 4 is 11.7 Å². The molecule has 0 spiro atoms. The fourth-order valence-corrected chi connectivity index (χ4v) is 2.13.